The standard InChI is InChI=1S/C16H14F2O3/c1-11-7-8-13(15(19)20)14(9-11)21-10-16(17,18)12-5-3-2-4-6-12/h2-9H,10H2,1H3,(H,19,20). The molecule has 0 aromatic heterocycles. The monoisotopic (exact) mass is 292 g/mol. The zero-order valence-electron chi connectivity index (χ0n) is 11.3. The maximum atomic E-state index is 14.0. The Morgan fingerprint density at radius 1 is 1.19 bits per heavy atom. The largest absolute Gasteiger partial charge is 0.486 e. The number of alkyl halides is 2. The van der Waals surface area contributed by atoms with Gasteiger partial charge in [-0.3, -0.25) is 0 Å². The highest BCUT2D eigenvalue weighted by atomic mass is 19.3. The van der Waals surface area contributed by atoms with Crippen LogP contribution in [0, 0.1) is 6.92 Å². The molecule has 21 heavy (non-hydrogen) atoms. The Kier molecular flexibility index (Phi) is 4.21. The fourth-order valence-electron chi connectivity index (χ4n) is 1.86. The molecule has 110 valence electrons. The molecule has 0 aliphatic carbocycles. The number of carboxylic acid groups (broad SMARTS) is 1. The highest BCUT2D eigenvalue weighted by Gasteiger charge is 2.33. The predicted octanol–water partition coefficient (Wildman–Crippen LogP) is 3.86. The number of rotatable bonds is 5. The molecule has 1 N–H and O–H groups in total. The van der Waals surface area contributed by atoms with Crippen LogP contribution in [0.25, 0.3) is 0 Å². The van der Waals surface area contributed by atoms with E-state index < -0.39 is 18.5 Å². The van der Waals surface area contributed by atoms with Crippen LogP contribution in [0.15, 0.2) is 48.5 Å². The zero-order valence-corrected chi connectivity index (χ0v) is 11.3. The van der Waals surface area contributed by atoms with Crippen LogP contribution in [-0.4, -0.2) is 17.7 Å². The molecule has 0 saturated carbocycles. The van der Waals surface area contributed by atoms with Gasteiger partial charge in [0.2, 0.25) is 0 Å². The summed E-state index contributed by atoms with van der Waals surface area (Å²) in [6, 6.07) is 11.6. The molecule has 0 aliphatic rings. The summed E-state index contributed by atoms with van der Waals surface area (Å²) in [4.78, 5) is 11.1. The molecule has 2 aromatic carbocycles. The Morgan fingerprint density at radius 2 is 1.86 bits per heavy atom. The van der Waals surface area contributed by atoms with E-state index in [1.807, 2.05) is 0 Å². The third kappa shape index (κ3) is 3.56. The van der Waals surface area contributed by atoms with Gasteiger partial charge in [0.15, 0.2) is 6.61 Å². The average molecular weight is 292 g/mol. The van der Waals surface area contributed by atoms with Gasteiger partial charge >= 0.3 is 11.9 Å². The van der Waals surface area contributed by atoms with Crippen LogP contribution < -0.4 is 4.74 Å². The van der Waals surface area contributed by atoms with Crippen molar-refractivity contribution in [3.05, 3.63) is 65.2 Å². The third-order valence-electron chi connectivity index (χ3n) is 2.97. The van der Waals surface area contributed by atoms with Gasteiger partial charge in [-0.15, -0.1) is 0 Å². The summed E-state index contributed by atoms with van der Waals surface area (Å²) in [6.45, 7) is 0.814. The molecule has 0 saturated heterocycles. The molecule has 0 atom stereocenters. The number of aryl methyl sites for hydroxylation is 1. The van der Waals surface area contributed by atoms with Crippen molar-refractivity contribution in [3.8, 4) is 5.75 Å². The number of benzene rings is 2. The fraction of sp³-hybridized carbons (Fsp3) is 0.188. The van der Waals surface area contributed by atoms with Crippen molar-refractivity contribution in [1.82, 2.24) is 0 Å². The molecule has 5 heteroatoms. The van der Waals surface area contributed by atoms with Crippen LogP contribution in [0.3, 0.4) is 0 Å². The minimum absolute atomic E-state index is 0.0573. The van der Waals surface area contributed by atoms with Gasteiger partial charge in [-0.25, -0.2) is 4.79 Å². The second-order valence-electron chi connectivity index (χ2n) is 4.66. The second kappa shape index (κ2) is 5.91. The SMILES string of the molecule is Cc1ccc(C(=O)O)c(OCC(F)(F)c2ccccc2)c1. The minimum Gasteiger partial charge on any atom is -0.486 e. The van der Waals surface area contributed by atoms with Gasteiger partial charge in [0.25, 0.3) is 0 Å². The van der Waals surface area contributed by atoms with Crippen LogP contribution in [0.4, 0.5) is 8.78 Å². The lowest BCUT2D eigenvalue weighted by Crippen LogP contribution is -2.23. The normalized spacial score (nSPS) is 11.2. The molecule has 0 heterocycles. The molecule has 3 nitrogen and oxygen atoms in total. The number of ether oxygens (including phenoxy) is 1. The number of carboxylic acids is 1. The van der Waals surface area contributed by atoms with E-state index in [0.29, 0.717) is 0 Å². The summed E-state index contributed by atoms with van der Waals surface area (Å²) in [5.74, 6) is -4.47. The maximum Gasteiger partial charge on any atom is 0.339 e. The Labute approximate surface area is 120 Å². The Hall–Kier alpha value is -2.43. The summed E-state index contributed by atoms with van der Waals surface area (Å²) in [5, 5.41) is 9.04. The predicted molar refractivity (Wildman–Crippen MR) is 74.0 cm³/mol. The number of hydrogen-bond acceptors (Lipinski definition) is 2. The van der Waals surface area contributed by atoms with Gasteiger partial charge in [-0.2, -0.15) is 8.78 Å². The van der Waals surface area contributed by atoms with Crippen molar-refractivity contribution < 1.29 is 23.4 Å². The molecule has 0 unspecified atom stereocenters. The molecule has 0 fully saturated rings. The highest BCUT2D eigenvalue weighted by molar-refractivity contribution is 5.90. The Morgan fingerprint density at radius 3 is 2.48 bits per heavy atom. The minimum atomic E-state index is -3.19. The molecule has 0 amide bonds. The third-order valence-corrected chi connectivity index (χ3v) is 2.97. The molecular formula is C16H14F2O3. The summed E-state index contributed by atoms with van der Waals surface area (Å²) in [5.41, 5.74) is 0.428. The highest BCUT2D eigenvalue weighted by Crippen LogP contribution is 2.30. The summed E-state index contributed by atoms with van der Waals surface area (Å²) in [6.07, 6.45) is 0. The van der Waals surface area contributed by atoms with Crippen LogP contribution in [0.2, 0.25) is 0 Å². The van der Waals surface area contributed by atoms with Gasteiger partial charge in [-0.05, 0) is 24.6 Å². The van der Waals surface area contributed by atoms with E-state index in [9.17, 15) is 13.6 Å². The van der Waals surface area contributed by atoms with E-state index in [0.717, 1.165) is 5.56 Å². The van der Waals surface area contributed by atoms with Crippen LogP contribution in [-0.2, 0) is 5.92 Å². The van der Waals surface area contributed by atoms with E-state index >= 15 is 0 Å². The summed E-state index contributed by atoms with van der Waals surface area (Å²) >= 11 is 0. The number of halogens is 2. The van der Waals surface area contributed by atoms with Crippen molar-refractivity contribution >= 4 is 5.97 Å². The summed E-state index contributed by atoms with van der Waals surface area (Å²) < 4.78 is 33.1. The van der Waals surface area contributed by atoms with Gasteiger partial charge in [-0.1, -0.05) is 36.4 Å². The van der Waals surface area contributed by atoms with Crippen LogP contribution >= 0.6 is 0 Å². The Bertz CT molecular complexity index is 639. The molecule has 0 spiro atoms. The van der Waals surface area contributed by atoms with E-state index in [1.54, 1.807) is 19.1 Å². The van der Waals surface area contributed by atoms with Gasteiger partial charge in [0, 0.05) is 5.56 Å². The lowest BCUT2D eigenvalue weighted by atomic mass is 10.1. The molecular weight excluding hydrogens is 278 g/mol. The van der Waals surface area contributed by atoms with E-state index in [1.165, 1.54) is 36.4 Å². The first-order valence-electron chi connectivity index (χ1n) is 6.30. The van der Waals surface area contributed by atoms with Crippen molar-refractivity contribution in [3.63, 3.8) is 0 Å². The van der Waals surface area contributed by atoms with Crippen LogP contribution in [0.1, 0.15) is 21.5 Å². The van der Waals surface area contributed by atoms with Crippen molar-refractivity contribution in [2.75, 3.05) is 6.61 Å². The fourth-order valence-corrected chi connectivity index (χ4v) is 1.86. The first kappa shape index (κ1) is 15.0. The first-order chi connectivity index (χ1) is 9.90. The molecule has 0 aliphatic heterocycles. The number of hydrogen-bond donors (Lipinski definition) is 1. The van der Waals surface area contributed by atoms with Gasteiger partial charge < -0.3 is 9.84 Å². The van der Waals surface area contributed by atoms with E-state index in [2.05, 4.69) is 0 Å². The lowest BCUT2D eigenvalue weighted by molar-refractivity contribution is -0.0470. The topological polar surface area (TPSA) is 46.5 Å². The first-order valence-corrected chi connectivity index (χ1v) is 6.30. The number of aromatic carboxylic acids is 1. The Balaban J connectivity index is 2.20. The maximum absolute atomic E-state index is 14.0. The van der Waals surface area contributed by atoms with Gasteiger partial charge in [0.1, 0.15) is 11.3 Å². The van der Waals surface area contributed by atoms with Crippen molar-refractivity contribution in [2.45, 2.75) is 12.8 Å². The molecule has 0 bridgehead atoms. The van der Waals surface area contributed by atoms with Crippen molar-refractivity contribution in [2.24, 2.45) is 0 Å². The average Bonchev–Trinajstić information content (AvgIpc) is 2.46. The zero-order chi connectivity index (χ0) is 15.5. The molecule has 0 radical (unpaired) electrons. The van der Waals surface area contributed by atoms with Crippen LogP contribution in [0.5, 0.6) is 5.75 Å². The smallest absolute Gasteiger partial charge is 0.339 e. The van der Waals surface area contributed by atoms with Gasteiger partial charge in [0.05, 0.1) is 0 Å². The summed E-state index contributed by atoms with van der Waals surface area (Å²) in [7, 11) is 0. The molecule has 2 rings (SSSR count). The quantitative estimate of drug-likeness (QED) is 0.910. The van der Waals surface area contributed by atoms with E-state index in [-0.39, 0.29) is 16.9 Å². The van der Waals surface area contributed by atoms with Crippen molar-refractivity contribution in [1.29, 1.82) is 0 Å². The lowest BCUT2D eigenvalue weighted by Gasteiger charge is -2.18. The molecule has 2 aromatic rings. The second-order valence-corrected chi connectivity index (χ2v) is 4.66. The number of carbonyl (C=O) groups is 1. The van der Waals surface area contributed by atoms with E-state index in [4.69, 9.17) is 9.84 Å².